The molecule has 4 rings (SSSR count). The number of benzene rings is 1. The fraction of sp³-hybridized carbons (Fsp3) is 0.278. The minimum Gasteiger partial charge on any atom is -0.365 e. The van der Waals surface area contributed by atoms with Crippen molar-refractivity contribution in [3.05, 3.63) is 52.2 Å². The highest BCUT2D eigenvalue weighted by Gasteiger charge is 2.31. The molecular formula is C18H18N6O2S. The molecule has 1 aliphatic rings. The monoisotopic (exact) mass is 382 g/mol. The van der Waals surface area contributed by atoms with Crippen molar-refractivity contribution in [1.29, 1.82) is 0 Å². The molecular weight excluding hydrogens is 364 g/mol. The van der Waals surface area contributed by atoms with Gasteiger partial charge in [0.05, 0.1) is 10.9 Å². The minimum atomic E-state index is -0.442. The Morgan fingerprint density at radius 1 is 1.19 bits per heavy atom. The molecule has 3 heterocycles. The molecule has 1 atom stereocenters. The Hall–Kier alpha value is -3.07. The second kappa shape index (κ2) is 7.28. The van der Waals surface area contributed by atoms with Crippen molar-refractivity contribution in [2.45, 2.75) is 25.4 Å². The lowest BCUT2D eigenvalue weighted by Crippen LogP contribution is -2.33. The number of carbonyl (C=O) groups excluding carboxylic acids is 2. The number of thiophene rings is 1. The summed E-state index contributed by atoms with van der Waals surface area (Å²) in [5.41, 5.74) is 6.19. The van der Waals surface area contributed by atoms with Crippen molar-refractivity contribution in [3.63, 3.8) is 0 Å². The van der Waals surface area contributed by atoms with E-state index in [9.17, 15) is 9.59 Å². The fourth-order valence-electron chi connectivity index (χ4n) is 3.25. The van der Waals surface area contributed by atoms with Crippen LogP contribution in [0.15, 0.2) is 42.5 Å². The average Bonchev–Trinajstić information content (AvgIpc) is 3.41. The molecule has 8 nitrogen and oxygen atoms in total. The van der Waals surface area contributed by atoms with E-state index in [-0.39, 0.29) is 18.5 Å². The summed E-state index contributed by atoms with van der Waals surface area (Å²) in [4.78, 5) is 28.8. The third kappa shape index (κ3) is 3.59. The van der Waals surface area contributed by atoms with Gasteiger partial charge >= 0.3 is 0 Å². The van der Waals surface area contributed by atoms with E-state index in [0.29, 0.717) is 17.2 Å². The van der Waals surface area contributed by atoms with Gasteiger partial charge in [-0.3, -0.25) is 9.59 Å². The van der Waals surface area contributed by atoms with Gasteiger partial charge in [-0.2, -0.15) is 4.80 Å². The highest BCUT2D eigenvalue weighted by atomic mass is 32.1. The van der Waals surface area contributed by atoms with E-state index in [1.54, 1.807) is 6.07 Å². The maximum atomic E-state index is 12.8. The van der Waals surface area contributed by atoms with Crippen molar-refractivity contribution in [2.75, 3.05) is 6.54 Å². The number of carbonyl (C=O) groups is 2. The van der Waals surface area contributed by atoms with Gasteiger partial charge in [-0.15, -0.1) is 21.5 Å². The van der Waals surface area contributed by atoms with Crippen LogP contribution in [-0.4, -0.2) is 43.5 Å². The molecule has 2 N–H and O–H groups in total. The van der Waals surface area contributed by atoms with Crippen molar-refractivity contribution in [2.24, 2.45) is 5.73 Å². The van der Waals surface area contributed by atoms with E-state index in [1.807, 2.05) is 41.3 Å². The zero-order valence-corrected chi connectivity index (χ0v) is 15.3. The molecule has 2 amide bonds. The molecule has 1 fully saturated rings. The third-order valence-corrected chi connectivity index (χ3v) is 5.73. The predicted octanol–water partition coefficient (Wildman–Crippen LogP) is 1.86. The smallest absolute Gasteiger partial charge is 0.258 e. The van der Waals surface area contributed by atoms with E-state index >= 15 is 0 Å². The quantitative estimate of drug-likeness (QED) is 0.725. The number of nitrogens with zero attached hydrogens (tertiary/aromatic N) is 5. The summed E-state index contributed by atoms with van der Waals surface area (Å²) in [5, 5.41) is 12.3. The summed E-state index contributed by atoms with van der Waals surface area (Å²) in [6, 6.07) is 13.1. The van der Waals surface area contributed by atoms with Crippen LogP contribution >= 0.6 is 11.3 Å². The van der Waals surface area contributed by atoms with E-state index < -0.39 is 5.91 Å². The van der Waals surface area contributed by atoms with Gasteiger partial charge in [0.15, 0.2) is 0 Å². The second-order valence-electron chi connectivity index (χ2n) is 6.32. The molecule has 0 spiro atoms. The van der Waals surface area contributed by atoms with Crippen molar-refractivity contribution >= 4 is 23.2 Å². The fourth-order valence-corrected chi connectivity index (χ4v) is 4.26. The van der Waals surface area contributed by atoms with Crippen molar-refractivity contribution in [3.8, 4) is 11.4 Å². The number of rotatable bonds is 5. The highest BCUT2D eigenvalue weighted by molar-refractivity contribution is 7.14. The predicted molar refractivity (Wildman–Crippen MR) is 99.8 cm³/mol. The van der Waals surface area contributed by atoms with E-state index in [0.717, 1.165) is 23.3 Å². The summed E-state index contributed by atoms with van der Waals surface area (Å²) in [6.45, 7) is 0.706. The van der Waals surface area contributed by atoms with Gasteiger partial charge in [-0.1, -0.05) is 30.3 Å². The van der Waals surface area contributed by atoms with Gasteiger partial charge in [-0.05, 0) is 30.2 Å². The van der Waals surface area contributed by atoms with Crippen LogP contribution in [0.2, 0.25) is 0 Å². The van der Waals surface area contributed by atoms with Gasteiger partial charge in [0.25, 0.3) is 5.91 Å². The number of aromatic nitrogens is 4. The number of hydrogen-bond acceptors (Lipinski definition) is 6. The lowest BCUT2D eigenvalue weighted by atomic mass is 10.2. The topological polar surface area (TPSA) is 107 Å². The molecule has 138 valence electrons. The van der Waals surface area contributed by atoms with E-state index in [4.69, 9.17) is 5.73 Å². The molecule has 1 unspecified atom stereocenters. The molecule has 0 saturated carbocycles. The van der Waals surface area contributed by atoms with Crippen LogP contribution in [0.25, 0.3) is 11.4 Å². The Kier molecular flexibility index (Phi) is 4.68. The first-order valence-electron chi connectivity index (χ1n) is 8.64. The molecule has 1 aliphatic heterocycles. The van der Waals surface area contributed by atoms with Gasteiger partial charge in [0, 0.05) is 17.0 Å². The first-order chi connectivity index (χ1) is 13.1. The molecule has 27 heavy (non-hydrogen) atoms. The van der Waals surface area contributed by atoms with Crippen LogP contribution < -0.4 is 5.73 Å². The van der Waals surface area contributed by atoms with E-state index in [2.05, 4.69) is 15.4 Å². The molecule has 9 heteroatoms. The maximum Gasteiger partial charge on any atom is 0.258 e. The number of likely N-dealkylation sites (tertiary alicyclic amines) is 1. The van der Waals surface area contributed by atoms with Gasteiger partial charge in [0.2, 0.25) is 11.7 Å². The van der Waals surface area contributed by atoms with Crippen LogP contribution in [0.4, 0.5) is 0 Å². The van der Waals surface area contributed by atoms with Crippen molar-refractivity contribution < 1.29 is 9.59 Å². The molecule has 0 bridgehead atoms. The Bertz CT molecular complexity index is 967. The largest absolute Gasteiger partial charge is 0.365 e. The third-order valence-electron chi connectivity index (χ3n) is 4.53. The molecule has 2 aromatic heterocycles. The van der Waals surface area contributed by atoms with Crippen LogP contribution in [0.3, 0.4) is 0 Å². The molecule has 0 aliphatic carbocycles. The summed E-state index contributed by atoms with van der Waals surface area (Å²) < 4.78 is 0. The number of tetrazole rings is 1. The van der Waals surface area contributed by atoms with Gasteiger partial charge < -0.3 is 10.6 Å². The summed E-state index contributed by atoms with van der Waals surface area (Å²) in [5.74, 6) is -0.0170. The molecule has 3 aromatic rings. The SMILES string of the molecule is NC(=O)c1ccc(C2CCCN2C(=O)Cn2nnc(-c3ccccc3)n2)s1. The Balaban J connectivity index is 1.47. The zero-order chi connectivity index (χ0) is 18.8. The first-order valence-corrected chi connectivity index (χ1v) is 9.45. The number of amides is 2. The Morgan fingerprint density at radius 3 is 2.74 bits per heavy atom. The van der Waals surface area contributed by atoms with E-state index in [1.165, 1.54) is 16.1 Å². The van der Waals surface area contributed by atoms with Crippen LogP contribution in [0, 0.1) is 0 Å². The Morgan fingerprint density at radius 2 is 2.00 bits per heavy atom. The van der Waals surface area contributed by atoms with Gasteiger partial charge in [0.1, 0.15) is 6.54 Å². The number of primary amides is 1. The lowest BCUT2D eigenvalue weighted by Gasteiger charge is -2.23. The molecule has 1 saturated heterocycles. The number of nitrogens with two attached hydrogens (primary N) is 1. The maximum absolute atomic E-state index is 12.8. The number of hydrogen-bond donors (Lipinski definition) is 1. The standard InChI is InChI=1S/C18H18N6O2S/c19-17(26)15-9-8-14(27-15)13-7-4-10-23(13)16(25)11-24-21-18(20-22-24)12-5-2-1-3-6-12/h1-3,5-6,8-9,13H,4,7,10-11H2,(H2,19,26). The summed E-state index contributed by atoms with van der Waals surface area (Å²) >= 11 is 1.35. The lowest BCUT2D eigenvalue weighted by molar-refractivity contribution is -0.133. The van der Waals surface area contributed by atoms with Crippen LogP contribution in [0.5, 0.6) is 0 Å². The van der Waals surface area contributed by atoms with Crippen molar-refractivity contribution in [1.82, 2.24) is 25.1 Å². The first kappa shape index (κ1) is 17.3. The van der Waals surface area contributed by atoms with Crippen LogP contribution in [-0.2, 0) is 11.3 Å². The summed E-state index contributed by atoms with van der Waals surface area (Å²) in [6.07, 6.45) is 1.78. The molecule has 0 radical (unpaired) electrons. The zero-order valence-electron chi connectivity index (χ0n) is 14.5. The second-order valence-corrected chi connectivity index (χ2v) is 7.44. The average molecular weight is 382 g/mol. The van der Waals surface area contributed by atoms with Crippen LogP contribution in [0.1, 0.15) is 33.4 Å². The Labute approximate surface area is 159 Å². The summed E-state index contributed by atoms with van der Waals surface area (Å²) in [7, 11) is 0. The molecule has 1 aromatic carbocycles. The minimum absolute atomic E-state index is 0.0321. The van der Waals surface area contributed by atoms with Gasteiger partial charge in [-0.25, -0.2) is 0 Å². The highest BCUT2D eigenvalue weighted by Crippen LogP contribution is 2.36. The normalized spacial score (nSPS) is 16.6.